The van der Waals surface area contributed by atoms with E-state index in [1.54, 1.807) is 0 Å². The Hall–Kier alpha value is -2.08. The molecule has 6 nitrogen and oxygen atoms in total. The third-order valence-corrected chi connectivity index (χ3v) is 3.40. The van der Waals surface area contributed by atoms with Gasteiger partial charge in [0.15, 0.2) is 0 Å². The summed E-state index contributed by atoms with van der Waals surface area (Å²) < 4.78 is 10.2. The Bertz CT molecular complexity index is 470. The molecule has 114 valence electrons. The molecule has 2 unspecified atom stereocenters. The highest BCUT2D eigenvalue weighted by Crippen LogP contribution is 2.18. The van der Waals surface area contributed by atoms with Crippen molar-refractivity contribution in [1.82, 2.24) is 5.32 Å². The van der Waals surface area contributed by atoms with Crippen LogP contribution in [0.3, 0.4) is 0 Å². The highest BCUT2D eigenvalue weighted by molar-refractivity contribution is 5.79. The number of rotatable bonds is 6. The molecule has 21 heavy (non-hydrogen) atoms. The van der Waals surface area contributed by atoms with Crippen LogP contribution in [0.2, 0.25) is 0 Å². The second kappa shape index (κ2) is 7.64. The zero-order valence-corrected chi connectivity index (χ0v) is 11.7. The summed E-state index contributed by atoms with van der Waals surface area (Å²) in [4.78, 5) is 22.9. The maximum Gasteiger partial charge on any atom is 0.408 e. The maximum absolute atomic E-state index is 11.7. The lowest BCUT2D eigenvalue weighted by Crippen LogP contribution is -2.42. The van der Waals surface area contributed by atoms with E-state index in [0.717, 1.165) is 12.0 Å². The van der Waals surface area contributed by atoms with E-state index < -0.39 is 18.1 Å². The van der Waals surface area contributed by atoms with Crippen molar-refractivity contribution in [3.8, 4) is 0 Å². The molecule has 0 bridgehead atoms. The van der Waals surface area contributed by atoms with Crippen molar-refractivity contribution in [2.24, 2.45) is 5.92 Å². The fraction of sp³-hybridized carbons (Fsp3) is 0.467. The zero-order valence-electron chi connectivity index (χ0n) is 11.7. The second-order valence-electron chi connectivity index (χ2n) is 5.06. The third-order valence-electron chi connectivity index (χ3n) is 3.40. The first-order chi connectivity index (χ1) is 10.1. The summed E-state index contributed by atoms with van der Waals surface area (Å²) in [5.74, 6) is -0.890. The van der Waals surface area contributed by atoms with E-state index in [2.05, 4.69) is 5.32 Å². The average molecular weight is 293 g/mol. The number of hydrogen-bond acceptors (Lipinski definition) is 4. The Balaban J connectivity index is 1.79. The van der Waals surface area contributed by atoms with Crippen LogP contribution in [0.4, 0.5) is 4.79 Å². The number of benzene rings is 1. The molecule has 2 N–H and O–H groups in total. The van der Waals surface area contributed by atoms with E-state index in [1.807, 2.05) is 30.3 Å². The topological polar surface area (TPSA) is 84.9 Å². The monoisotopic (exact) mass is 293 g/mol. The van der Waals surface area contributed by atoms with Crippen molar-refractivity contribution in [2.45, 2.75) is 25.5 Å². The van der Waals surface area contributed by atoms with Crippen LogP contribution in [-0.4, -0.2) is 36.4 Å². The van der Waals surface area contributed by atoms with Gasteiger partial charge >= 0.3 is 12.1 Å². The zero-order chi connectivity index (χ0) is 15.1. The molecular formula is C15H19NO5. The molecule has 1 saturated heterocycles. The minimum absolute atomic E-state index is 0.117. The predicted molar refractivity (Wildman–Crippen MR) is 74.7 cm³/mol. The van der Waals surface area contributed by atoms with Gasteiger partial charge in [-0.2, -0.15) is 0 Å². The summed E-state index contributed by atoms with van der Waals surface area (Å²) >= 11 is 0. The van der Waals surface area contributed by atoms with Gasteiger partial charge in [-0.15, -0.1) is 0 Å². The fourth-order valence-corrected chi connectivity index (χ4v) is 2.23. The molecule has 0 radical (unpaired) electrons. The van der Waals surface area contributed by atoms with Gasteiger partial charge in [0.05, 0.1) is 0 Å². The molecule has 2 atom stereocenters. The van der Waals surface area contributed by atoms with Gasteiger partial charge in [0, 0.05) is 13.2 Å². The molecule has 6 heteroatoms. The Labute approximate surface area is 123 Å². The van der Waals surface area contributed by atoms with Crippen LogP contribution in [-0.2, 0) is 20.9 Å². The lowest BCUT2D eigenvalue weighted by molar-refractivity contribution is -0.139. The van der Waals surface area contributed by atoms with Crippen molar-refractivity contribution in [3.63, 3.8) is 0 Å². The summed E-state index contributed by atoms with van der Waals surface area (Å²) in [6.45, 7) is 1.31. The molecule has 1 aliphatic rings. The first-order valence-electron chi connectivity index (χ1n) is 6.93. The number of carboxylic acids is 1. The fourth-order valence-electron chi connectivity index (χ4n) is 2.23. The summed E-state index contributed by atoms with van der Waals surface area (Å²) in [5, 5.41) is 11.6. The largest absolute Gasteiger partial charge is 0.480 e. The van der Waals surface area contributed by atoms with Gasteiger partial charge in [0.2, 0.25) is 0 Å². The Morgan fingerprint density at radius 3 is 2.76 bits per heavy atom. The van der Waals surface area contributed by atoms with E-state index in [4.69, 9.17) is 14.6 Å². The normalized spacial score (nSPS) is 19.0. The van der Waals surface area contributed by atoms with Gasteiger partial charge in [0.1, 0.15) is 12.6 Å². The minimum Gasteiger partial charge on any atom is -0.480 e. The predicted octanol–water partition coefficient (Wildman–Crippen LogP) is 1.79. The highest BCUT2D eigenvalue weighted by Gasteiger charge is 2.27. The second-order valence-corrected chi connectivity index (χ2v) is 5.06. The third kappa shape index (κ3) is 5.07. The number of carboxylic acid groups (broad SMARTS) is 1. The van der Waals surface area contributed by atoms with Crippen LogP contribution in [0.25, 0.3) is 0 Å². The molecule has 1 amide bonds. The van der Waals surface area contributed by atoms with Crippen LogP contribution in [0.15, 0.2) is 30.3 Å². The van der Waals surface area contributed by atoms with E-state index >= 15 is 0 Å². The van der Waals surface area contributed by atoms with Gasteiger partial charge in [-0.3, -0.25) is 0 Å². The summed E-state index contributed by atoms with van der Waals surface area (Å²) in [5.41, 5.74) is 0.851. The van der Waals surface area contributed by atoms with Crippen molar-refractivity contribution in [2.75, 3.05) is 13.2 Å². The van der Waals surface area contributed by atoms with Crippen LogP contribution in [0.1, 0.15) is 18.4 Å². The first kappa shape index (κ1) is 15.3. The van der Waals surface area contributed by atoms with Crippen molar-refractivity contribution in [3.05, 3.63) is 35.9 Å². The number of carbonyl (C=O) groups excluding carboxylic acids is 1. The molecule has 1 aromatic rings. The van der Waals surface area contributed by atoms with Crippen molar-refractivity contribution < 1.29 is 24.2 Å². The van der Waals surface area contributed by atoms with E-state index in [9.17, 15) is 9.59 Å². The Morgan fingerprint density at radius 2 is 2.14 bits per heavy atom. The first-order valence-corrected chi connectivity index (χ1v) is 6.93. The lowest BCUT2D eigenvalue weighted by atomic mass is 9.99. The van der Waals surface area contributed by atoms with Crippen LogP contribution >= 0.6 is 0 Å². The summed E-state index contributed by atoms with van der Waals surface area (Å²) in [6, 6.07) is 8.27. The van der Waals surface area contributed by atoms with Gasteiger partial charge in [-0.05, 0) is 24.3 Å². The molecule has 0 spiro atoms. The van der Waals surface area contributed by atoms with Crippen LogP contribution < -0.4 is 5.32 Å². The molecule has 0 aromatic heterocycles. The smallest absolute Gasteiger partial charge is 0.408 e. The SMILES string of the molecule is O=C(NC(CC1CCOC1)C(=O)O)OCc1ccccc1. The molecule has 1 heterocycles. The van der Waals surface area contributed by atoms with Gasteiger partial charge in [-0.1, -0.05) is 30.3 Å². The van der Waals surface area contributed by atoms with Crippen LogP contribution in [0, 0.1) is 5.92 Å². The van der Waals surface area contributed by atoms with Gasteiger partial charge < -0.3 is 19.9 Å². The number of carbonyl (C=O) groups is 2. The average Bonchev–Trinajstić information content (AvgIpc) is 2.98. The number of alkyl carbamates (subject to hydrolysis) is 1. The molecule has 1 fully saturated rings. The molecule has 0 saturated carbocycles. The molecule has 2 rings (SSSR count). The summed E-state index contributed by atoms with van der Waals surface area (Å²) in [6.07, 6.45) is 0.463. The van der Waals surface area contributed by atoms with Crippen molar-refractivity contribution in [1.29, 1.82) is 0 Å². The number of nitrogens with one attached hydrogen (secondary N) is 1. The number of hydrogen-bond donors (Lipinski definition) is 2. The molecule has 1 aliphatic heterocycles. The van der Waals surface area contributed by atoms with E-state index in [1.165, 1.54) is 0 Å². The lowest BCUT2D eigenvalue weighted by Gasteiger charge is -2.17. The van der Waals surface area contributed by atoms with E-state index in [0.29, 0.717) is 19.6 Å². The molecular weight excluding hydrogens is 274 g/mol. The Kier molecular flexibility index (Phi) is 5.57. The standard InChI is InChI=1S/C15H19NO5/c17-14(18)13(8-12-6-7-20-9-12)16-15(19)21-10-11-4-2-1-3-5-11/h1-5,12-13H,6-10H2,(H,16,19)(H,17,18). The van der Waals surface area contributed by atoms with Crippen LogP contribution in [0.5, 0.6) is 0 Å². The Morgan fingerprint density at radius 1 is 1.38 bits per heavy atom. The van der Waals surface area contributed by atoms with E-state index in [-0.39, 0.29) is 12.5 Å². The number of ether oxygens (including phenoxy) is 2. The van der Waals surface area contributed by atoms with Gasteiger partial charge in [0.25, 0.3) is 0 Å². The highest BCUT2D eigenvalue weighted by atomic mass is 16.5. The maximum atomic E-state index is 11.7. The molecule has 1 aromatic carbocycles. The van der Waals surface area contributed by atoms with Crippen molar-refractivity contribution >= 4 is 12.1 Å². The molecule has 0 aliphatic carbocycles. The quantitative estimate of drug-likeness (QED) is 0.835. The minimum atomic E-state index is -1.06. The van der Waals surface area contributed by atoms with Gasteiger partial charge in [-0.25, -0.2) is 9.59 Å². The summed E-state index contributed by atoms with van der Waals surface area (Å²) in [7, 11) is 0. The number of aliphatic carboxylic acids is 1. The number of amides is 1.